The fourth-order valence-electron chi connectivity index (χ4n) is 2.66. The molecule has 0 spiro atoms. The largest absolute Gasteiger partial charge is 0.384 e. The number of nitrogens with zero attached hydrogens (tertiary/aromatic N) is 2. The van der Waals surface area contributed by atoms with Crippen LogP contribution >= 0.6 is 0 Å². The van der Waals surface area contributed by atoms with Gasteiger partial charge in [-0.3, -0.25) is 0 Å². The Bertz CT molecular complexity index is 461. The maximum atomic E-state index is 9.14. The van der Waals surface area contributed by atoms with Gasteiger partial charge in [-0.05, 0) is 38.2 Å². The molecule has 1 fully saturated rings. The summed E-state index contributed by atoms with van der Waals surface area (Å²) in [4.78, 5) is 0. The van der Waals surface area contributed by atoms with Gasteiger partial charge in [-0.1, -0.05) is 19.8 Å². The first-order chi connectivity index (χ1) is 8.10. The molecule has 1 saturated carbocycles. The molecule has 1 unspecified atom stereocenters. The standard InChI is InChI=1S/C14H21N3/c1-4-12(7-11-5-6-11)17-10(3)9(2)13(8-15)14(17)16/h11-12H,4-7,16H2,1-3H3. The lowest BCUT2D eigenvalue weighted by Crippen LogP contribution is -2.13. The SMILES string of the molecule is CCC(CC1CC1)n1c(C)c(C)c(C#N)c1N. The fourth-order valence-corrected chi connectivity index (χ4v) is 2.66. The van der Waals surface area contributed by atoms with E-state index in [2.05, 4.69) is 24.5 Å². The Balaban J connectivity index is 2.38. The van der Waals surface area contributed by atoms with E-state index in [0.717, 1.165) is 23.6 Å². The van der Waals surface area contributed by atoms with Crippen LogP contribution in [0.15, 0.2) is 0 Å². The molecular formula is C14H21N3. The first kappa shape index (κ1) is 12.0. The summed E-state index contributed by atoms with van der Waals surface area (Å²) < 4.78 is 2.19. The number of rotatable bonds is 4. The normalized spacial score (nSPS) is 16.8. The highest BCUT2D eigenvalue weighted by atomic mass is 15.1. The van der Waals surface area contributed by atoms with Crippen molar-refractivity contribution in [1.82, 2.24) is 4.57 Å². The predicted octanol–water partition coefficient (Wildman–Crippen LogP) is 3.31. The molecule has 92 valence electrons. The van der Waals surface area contributed by atoms with Crippen LogP contribution in [0, 0.1) is 31.1 Å². The average molecular weight is 231 g/mol. The molecule has 1 aromatic rings. The molecule has 1 aliphatic rings. The van der Waals surface area contributed by atoms with Crippen LogP contribution in [0.1, 0.15) is 55.5 Å². The molecule has 1 heterocycles. The number of nitriles is 1. The minimum Gasteiger partial charge on any atom is -0.384 e. The van der Waals surface area contributed by atoms with Gasteiger partial charge in [-0.2, -0.15) is 5.26 Å². The van der Waals surface area contributed by atoms with Crippen molar-refractivity contribution in [2.24, 2.45) is 5.92 Å². The monoisotopic (exact) mass is 231 g/mol. The third kappa shape index (κ3) is 2.04. The Labute approximate surface area is 103 Å². The molecule has 2 N–H and O–H groups in total. The van der Waals surface area contributed by atoms with Gasteiger partial charge in [0.2, 0.25) is 0 Å². The molecule has 3 heteroatoms. The Morgan fingerprint density at radius 2 is 2.12 bits per heavy atom. The average Bonchev–Trinajstić information content (AvgIpc) is 3.09. The highest BCUT2D eigenvalue weighted by molar-refractivity contribution is 5.58. The lowest BCUT2D eigenvalue weighted by molar-refractivity contribution is 0.427. The van der Waals surface area contributed by atoms with Gasteiger partial charge in [0, 0.05) is 11.7 Å². The van der Waals surface area contributed by atoms with Gasteiger partial charge in [0.25, 0.3) is 0 Å². The molecule has 0 saturated heterocycles. The van der Waals surface area contributed by atoms with Crippen molar-refractivity contribution >= 4 is 5.82 Å². The van der Waals surface area contributed by atoms with Crippen LogP contribution < -0.4 is 5.73 Å². The fraction of sp³-hybridized carbons (Fsp3) is 0.643. The van der Waals surface area contributed by atoms with Gasteiger partial charge in [0.15, 0.2) is 0 Å². The summed E-state index contributed by atoms with van der Waals surface area (Å²) in [6.45, 7) is 6.26. The van der Waals surface area contributed by atoms with E-state index in [9.17, 15) is 0 Å². The summed E-state index contributed by atoms with van der Waals surface area (Å²) >= 11 is 0. The van der Waals surface area contributed by atoms with Crippen LogP contribution in [-0.4, -0.2) is 4.57 Å². The molecule has 0 amide bonds. The Hall–Kier alpha value is -1.43. The van der Waals surface area contributed by atoms with E-state index < -0.39 is 0 Å². The second-order valence-corrected chi connectivity index (χ2v) is 5.19. The first-order valence-electron chi connectivity index (χ1n) is 6.47. The van der Waals surface area contributed by atoms with Gasteiger partial charge in [0.1, 0.15) is 11.9 Å². The number of nitrogens with two attached hydrogens (primary N) is 1. The van der Waals surface area contributed by atoms with Crippen molar-refractivity contribution in [2.75, 3.05) is 5.73 Å². The molecule has 0 radical (unpaired) electrons. The van der Waals surface area contributed by atoms with Gasteiger partial charge >= 0.3 is 0 Å². The van der Waals surface area contributed by atoms with Crippen molar-refractivity contribution in [3.05, 3.63) is 16.8 Å². The summed E-state index contributed by atoms with van der Waals surface area (Å²) in [5.41, 5.74) is 8.99. The van der Waals surface area contributed by atoms with Crippen LogP contribution in [0.25, 0.3) is 0 Å². The summed E-state index contributed by atoms with van der Waals surface area (Å²) in [6, 6.07) is 2.69. The van der Waals surface area contributed by atoms with E-state index in [1.807, 2.05) is 6.92 Å². The van der Waals surface area contributed by atoms with Crippen molar-refractivity contribution in [3.63, 3.8) is 0 Å². The molecule has 1 aliphatic carbocycles. The predicted molar refractivity (Wildman–Crippen MR) is 69.7 cm³/mol. The van der Waals surface area contributed by atoms with Gasteiger partial charge in [-0.15, -0.1) is 0 Å². The molecule has 0 bridgehead atoms. The third-order valence-electron chi connectivity index (χ3n) is 4.05. The van der Waals surface area contributed by atoms with Crippen LogP contribution in [-0.2, 0) is 0 Å². The van der Waals surface area contributed by atoms with Crippen LogP contribution in [0.3, 0.4) is 0 Å². The highest BCUT2D eigenvalue weighted by Gasteiger charge is 2.28. The molecule has 0 aliphatic heterocycles. The maximum Gasteiger partial charge on any atom is 0.122 e. The lowest BCUT2D eigenvalue weighted by Gasteiger charge is -2.21. The van der Waals surface area contributed by atoms with Crippen LogP contribution in [0.2, 0.25) is 0 Å². The zero-order valence-corrected chi connectivity index (χ0v) is 11.0. The van der Waals surface area contributed by atoms with Gasteiger partial charge in [0.05, 0.1) is 5.56 Å². The molecule has 2 rings (SSSR count). The van der Waals surface area contributed by atoms with Crippen molar-refractivity contribution in [2.45, 2.75) is 52.5 Å². The first-order valence-corrected chi connectivity index (χ1v) is 6.47. The smallest absolute Gasteiger partial charge is 0.122 e. The minimum absolute atomic E-state index is 0.461. The quantitative estimate of drug-likeness (QED) is 0.864. The van der Waals surface area contributed by atoms with E-state index in [0.29, 0.717) is 17.4 Å². The zero-order chi connectivity index (χ0) is 12.6. The molecule has 3 nitrogen and oxygen atoms in total. The van der Waals surface area contributed by atoms with E-state index in [1.54, 1.807) is 0 Å². The second kappa shape index (κ2) is 4.44. The summed E-state index contributed by atoms with van der Waals surface area (Å²) in [5.74, 6) is 1.54. The third-order valence-corrected chi connectivity index (χ3v) is 4.05. The number of hydrogen-bond acceptors (Lipinski definition) is 2. The number of nitrogen functional groups attached to an aromatic ring is 1. The molecule has 1 aromatic heterocycles. The number of hydrogen-bond donors (Lipinski definition) is 1. The molecule has 1 atom stereocenters. The van der Waals surface area contributed by atoms with Crippen LogP contribution in [0.4, 0.5) is 5.82 Å². The lowest BCUT2D eigenvalue weighted by atomic mass is 10.1. The Morgan fingerprint density at radius 1 is 1.47 bits per heavy atom. The van der Waals surface area contributed by atoms with E-state index in [1.165, 1.54) is 19.3 Å². The Kier molecular flexibility index (Phi) is 3.15. The van der Waals surface area contributed by atoms with Gasteiger partial charge in [-0.25, -0.2) is 0 Å². The summed E-state index contributed by atoms with van der Waals surface area (Å²) in [5, 5.41) is 9.14. The summed E-state index contributed by atoms with van der Waals surface area (Å²) in [6.07, 6.45) is 5.02. The van der Waals surface area contributed by atoms with E-state index >= 15 is 0 Å². The zero-order valence-electron chi connectivity index (χ0n) is 11.0. The van der Waals surface area contributed by atoms with Gasteiger partial charge < -0.3 is 10.3 Å². The molecule has 17 heavy (non-hydrogen) atoms. The maximum absolute atomic E-state index is 9.14. The highest BCUT2D eigenvalue weighted by Crippen LogP contribution is 2.40. The molecular weight excluding hydrogens is 210 g/mol. The van der Waals surface area contributed by atoms with E-state index in [-0.39, 0.29) is 0 Å². The van der Waals surface area contributed by atoms with Crippen molar-refractivity contribution in [1.29, 1.82) is 5.26 Å². The topological polar surface area (TPSA) is 54.7 Å². The minimum atomic E-state index is 0.461. The van der Waals surface area contributed by atoms with Crippen LogP contribution in [0.5, 0.6) is 0 Å². The van der Waals surface area contributed by atoms with Crippen molar-refractivity contribution in [3.8, 4) is 6.07 Å². The Morgan fingerprint density at radius 3 is 2.53 bits per heavy atom. The molecule has 0 aromatic carbocycles. The van der Waals surface area contributed by atoms with E-state index in [4.69, 9.17) is 11.0 Å². The summed E-state index contributed by atoms with van der Waals surface area (Å²) in [7, 11) is 0. The number of anilines is 1. The van der Waals surface area contributed by atoms with Crippen molar-refractivity contribution < 1.29 is 0 Å². The second-order valence-electron chi connectivity index (χ2n) is 5.19. The number of aromatic nitrogens is 1.